The van der Waals surface area contributed by atoms with Crippen LogP contribution in [0.25, 0.3) is 22.3 Å². The molecule has 0 fully saturated rings. The third-order valence-electron chi connectivity index (χ3n) is 4.99. The summed E-state index contributed by atoms with van der Waals surface area (Å²) < 4.78 is 21.7. The number of halogens is 1. The predicted octanol–water partition coefficient (Wildman–Crippen LogP) is 1.71. The van der Waals surface area contributed by atoms with Gasteiger partial charge in [0.15, 0.2) is 11.6 Å². The molecule has 0 unspecified atom stereocenters. The fourth-order valence-corrected chi connectivity index (χ4v) is 3.58. The molecule has 170 valence electrons. The summed E-state index contributed by atoms with van der Waals surface area (Å²) in [6, 6.07) is 7.52. The number of carbonyl (C=O) groups is 1. The summed E-state index contributed by atoms with van der Waals surface area (Å²) in [6.07, 6.45) is 0.312. The van der Waals surface area contributed by atoms with Crippen LogP contribution >= 0.6 is 0 Å². The lowest BCUT2D eigenvalue weighted by Crippen LogP contribution is -2.53. The molecule has 4 rings (SSSR count). The van der Waals surface area contributed by atoms with Crippen molar-refractivity contribution in [2.45, 2.75) is 26.0 Å². The number of nitrogens with two attached hydrogens (primary N) is 1. The SMILES string of the molecule is COc1c(F)ccc2c(-c3cn(Cc4cccc(C(C)(C)O)[n+]4C(=O)O)nn3)nc(N)nc12. The fourth-order valence-electron chi connectivity index (χ4n) is 3.58. The van der Waals surface area contributed by atoms with E-state index in [1.807, 2.05) is 0 Å². The van der Waals surface area contributed by atoms with E-state index in [0.717, 1.165) is 4.57 Å². The molecule has 0 bridgehead atoms. The van der Waals surface area contributed by atoms with Gasteiger partial charge in [0, 0.05) is 17.5 Å². The van der Waals surface area contributed by atoms with Crippen LogP contribution in [0.15, 0.2) is 36.5 Å². The average Bonchev–Trinajstić information content (AvgIpc) is 3.20. The van der Waals surface area contributed by atoms with Gasteiger partial charge in [-0.15, -0.1) is 5.10 Å². The molecule has 33 heavy (non-hydrogen) atoms. The monoisotopic (exact) mass is 454 g/mol. The first-order chi connectivity index (χ1) is 15.6. The van der Waals surface area contributed by atoms with E-state index < -0.39 is 17.5 Å². The molecule has 4 N–H and O–H groups in total. The van der Waals surface area contributed by atoms with Crippen LogP contribution in [-0.2, 0) is 12.1 Å². The van der Waals surface area contributed by atoms with Crippen molar-refractivity contribution in [3.63, 3.8) is 0 Å². The van der Waals surface area contributed by atoms with E-state index in [1.165, 1.54) is 43.8 Å². The van der Waals surface area contributed by atoms with Crippen molar-refractivity contribution in [2.24, 2.45) is 0 Å². The van der Waals surface area contributed by atoms with Crippen LogP contribution < -0.4 is 15.0 Å². The van der Waals surface area contributed by atoms with Gasteiger partial charge < -0.3 is 20.7 Å². The van der Waals surface area contributed by atoms with Gasteiger partial charge in [0.2, 0.25) is 17.3 Å². The number of carboxylic acid groups (broad SMARTS) is 1. The Morgan fingerprint density at radius 1 is 1.27 bits per heavy atom. The van der Waals surface area contributed by atoms with E-state index in [0.29, 0.717) is 22.5 Å². The van der Waals surface area contributed by atoms with Gasteiger partial charge in [0.1, 0.15) is 29.1 Å². The van der Waals surface area contributed by atoms with Crippen LogP contribution in [0.1, 0.15) is 25.2 Å². The molecule has 0 atom stereocenters. The number of nitrogens with zero attached hydrogens (tertiary/aromatic N) is 6. The summed E-state index contributed by atoms with van der Waals surface area (Å²) in [5, 5.41) is 28.7. The second-order valence-electron chi connectivity index (χ2n) is 7.79. The summed E-state index contributed by atoms with van der Waals surface area (Å²) in [7, 11) is 1.32. The Hall–Kier alpha value is -4.19. The number of methoxy groups -OCH3 is 1. The number of fused-ring (bicyclic) bond motifs is 1. The summed E-state index contributed by atoms with van der Waals surface area (Å²) in [5.41, 5.74) is 5.84. The van der Waals surface area contributed by atoms with Gasteiger partial charge in [-0.1, -0.05) is 9.78 Å². The number of pyridine rings is 1. The summed E-state index contributed by atoms with van der Waals surface area (Å²) >= 11 is 0. The molecule has 0 aliphatic heterocycles. The summed E-state index contributed by atoms with van der Waals surface area (Å²) in [5.74, 6) is -0.763. The lowest BCUT2D eigenvalue weighted by molar-refractivity contribution is -0.609. The normalized spacial score (nSPS) is 11.7. The highest BCUT2D eigenvalue weighted by Crippen LogP contribution is 2.32. The Balaban J connectivity index is 1.78. The van der Waals surface area contributed by atoms with Crippen LogP contribution in [-0.4, -0.2) is 48.4 Å². The van der Waals surface area contributed by atoms with Crippen molar-refractivity contribution in [1.82, 2.24) is 25.0 Å². The second-order valence-corrected chi connectivity index (χ2v) is 7.79. The largest absolute Gasteiger partial charge is 0.600 e. The standard InChI is InChI=1S/C21H20FN7O4/c1-21(2,32)15-6-4-5-11(29(15)20(30)31)9-28-10-14(26-27-28)16-12-7-8-13(22)18(33-3)17(12)25-19(23)24-16/h4-8,10,32H,9H2,1-3H3,(H2-,23,24,25,30,31)/p+1. The zero-order valence-corrected chi connectivity index (χ0v) is 18.0. The maximum atomic E-state index is 14.1. The summed E-state index contributed by atoms with van der Waals surface area (Å²) in [4.78, 5) is 20.2. The first-order valence-electron chi connectivity index (χ1n) is 9.80. The quantitative estimate of drug-likeness (QED) is 0.382. The van der Waals surface area contributed by atoms with Crippen LogP contribution in [0.2, 0.25) is 0 Å². The van der Waals surface area contributed by atoms with Gasteiger partial charge in [-0.25, -0.2) is 19.0 Å². The van der Waals surface area contributed by atoms with Gasteiger partial charge in [0.25, 0.3) is 0 Å². The number of ether oxygens (including phenoxy) is 1. The van der Waals surface area contributed by atoms with Gasteiger partial charge >= 0.3 is 6.09 Å². The number of hydrogen-bond acceptors (Lipinski definition) is 8. The minimum atomic E-state index is -1.38. The molecule has 3 aromatic heterocycles. The molecule has 1 aromatic carbocycles. The second kappa shape index (κ2) is 8.06. The topological polar surface area (TPSA) is 153 Å². The number of nitrogen functional groups attached to an aromatic ring is 1. The highest BCUT2D eigenvalue weighted by atomic mass is 19.1. The predicted molar refractivity (Wildman–Crippen MR) is 114 cm³/mol. The Morgan fingerprint density at radius 3 is 2.70 bits per heavy atom. The maximum Gasteiger partial charge on any atom is 0.600 e. The Kier molecular flexibility index (Phi) is 5.38. The number of hydrogen-bond donors (Lipinski definition) is 3. The van der Waals surface area contributed by atoms with Crippen molar-refractivity contribution in [3.8, 4) is 17.1 Å². The third-order valence-corrected chi connectivity index (χ3v) is 4.99. The van der Waals surface area contributed by atoms with Gasteiger partial charge in [0.05, 0.1) is 13.3 Å². The van der Waals surface area contributed by atoms with E-state index in [4.69, 9.17) is 10.5 Å². The van der Waals surface area contributed by atoms with Crippen molar-refractivity contribution in [1.29, 1.82) is 0 Å². The van der Waals surface area contributed by atoms with Crippen LogP contribution in [0.5, 0.6) is 5.75 Å². The Morgan fingerprint density at radius 2 is 2.03 bits per heavy atom. The third kappa shape index (κ3) is 4.03. The lowest BCUT2D eigenvalue weighted by atomic mass is 10.0. The minimum Gasteiger partial charge on any atom is -0.491 e. The molecule has 0 saturated heterocycles. The van der Waals surface area contributed by atoms with Gasteiger partial charge in [-0.3, -0.25) is 0 Å². The number of anilines is 1. The molecule has 0 radical (unpaired) electrons. The molecule has 4 aromatic rings. The van der Waals surface area contributed by atoms with Crippen molar-refractivity contribution in [2.75, 3.05) is 12.8 Å². The molecular formula is C21H21FN7O4+. The van der Waals surface area contributed by atoms with E-state index in [1.54, 1.807) is 18.3 Å². The van der Waals surface area contributed by atoms with Crippen LogP contribution in [0.4, 0.5) is 15.1 Å². The molecule has 0 amide bonds. The fraction of sp³-hybridized carbons (Fsp3) is 0.238. The molecule has 0 aliphatic rings. The molecule has 0 spiro atoms. The zero-order chi connectivity index (χ0) is 23.9. The number of benzene rings is 1. The van der Waals surface area contributed by atoms with Crippen LogP contribution in [0.3, 0.4) is 0 Å². The molecule has 0 saturated carbocycles. The van der Waals surface area contributed by atoms with E-state index in [9.17, 15) is 19.4 Å². The lowest BCUT2D eigenvalue weighted by Gasteiger charge is -2.15. The summed E-state index contributed by atoms with van der Waals surface area (Å²) in [6.45, 7) is 3.04. The maximum absolute atomic E-state index is 14.1. The molecule has 12 heteroatoms. The van der Waals surface area contributed by atoms with Crippen molar-refractivity contribution >= 4 is 22.9 Å². The molecule has 3 heterocycles. The van der Waals surface area contributed by atoms with Crippen LogP contribution in [0, 0.1) is 5.82 Å². The zero-order valence-electron chi connectivity index (χ0n) is 18.0. The number of aliphatic hydroxyl groups is 1. The van der Waals surface area contributed by atoms with Gasteiger partial charge in [-0.2, -0.15) is 4.79 Å². The molecule has 11 nitrogen and oxygen atoms in total. The van der Waals surface area contributed by atoms with Gasteiger partial charge in [-0.05, 0) is 32.0 Å². The minimum absolute atomic E-state index is 0.0413. The Labute approximate surface area is 186 Å². The first-order valence-corrected chi connectivity index (χ1v) is 9.80. The van der Waals surface area contributed by atoms with E-state index >= 15 is 0 Å². The molecule has 0 aliphatic carbocycles. The van der Waals surface area contributed by atoms with Crippen molar-refractivity contribution < 1.29 is 28.7 Å². The molecular weight excluding hydrogens is 433 g/mol. The highest BCUT2D eigenvalue weighted by Gasteiger charge is 2.34. The van der Waals surface area contributed by atoms with Crippen molar-refractivity contribution in [3.05, 3.63) is 53.7 Å². The van der Waals surface area contributed by atoms with E-state index in [-0.39, 0.29) is 29.5 Å². The highest BCUT2D eigenvalue weighted by molar-refractivity contribution is 5.95. The number of rotatable bonds is 5. The van der Waals surface area contributed by atoms with E-state index in [2.05, 4.69) is 20.3 Å². The Bertz CT molecular complexity index is 1380. The average molecular weight is 454 g/mol. The smallest absolute Gasteiger partial charge is 0.491 e. The first kappa shape index (κ1) is 22.0. The number of aromatic nitrogens is 6.